The number of hydrazone groups is 1. The van der Waals surface area contributed by atoms with Crippen LogP contribution < -0.4 is 5.43 Å². The van der Waals surface area contributed by atoms with Gasteiger partial charge in [0.2, 0.25) is 0 Å². The van der Waals surface area contributed by atoms with E-state index < -0.39 is 10.8 Å². The molecular weight excluding hydrogens is 392 g/mol. The number of rotatable bonds is 5. The van der Waals surface area contributed by atoms with Crippen LogP contribution in [0.25, 0.3) is 11.0 Å². The number of nitrogens with one attached hydrogen (secondary N) is 1. The van der Waals surface area contributed by atoms with E-state index in [1.807, 2.05) is 18.2 Å². The number of hydrogen-bond donors (Lipinski definition) is 1. The Morgan fingerprint density at radius 2 is 2.16 bits per heavy atom. The molecule has 3 rings (SSSR count). The molecule has 126 valence electrons. The molecule has 0 unspecified atom stereocenters. The van der Waals surface area contributed by atoms with Gasteiger partial charge in [-0.05, 0) is 34.1 Å². The number of amides is 1. The number of para-hydroxylation sites is 1. The lowest BCUT2D eigenvalue weighted by molar-refractivity contribution is -0.385. The molecule has 1 heterocycles. The zero-order valence-electron chi connectivity index (χ0n) is 12.7. The molecule has 3 aromatic rings. The standard InChI is InChI=1S/C15H11BrN6O3/c16-11-6-5-10(7-14(11)22(24)25)8-17-19-15(23)9-21-13-4-2-1-3-12(13)18-20-21/h1-8H,9H2,(H,19,23)/b17-8-. The van der Waals surface area contributed by atoms with E-state index in [4.69, 9.17) is 0 Å². The lowest BCUT2D eigenvalue weighted by atomic mass is 10.2. The van der Waals surface area contributed by atoms with Gasteiger partial charge in [-0.3, -0.25) is 14.9 Å². The summed E-state index contributed by atoms with van der Waals surface area (Å²) >= 11 is 3.10. The van der Waals surface area contributed by atoms with E-state index in [-0.39, 0.29) is 12.2 Å². The molecule has 0 aliphatic carbocycles. The van der Waals surface area contributed by atoms with Crippen molar-refractivity contribution >= 4 is 44.8 Å². The van der Waals surface area contributed by atoms with E-state index in [1.165, 1.54) is 17.0 Å². The van der Waals surface area contributed by atoms with Crippen LogP contribution >= 0.6 is 15.9 Å². The first-order valence-electron chi connectivity index (χ1n) is 7.08. The van der Waals surface area contributed by atoms with Crippen molar-refractivity contribution in [3.05, 3.63) is 62.6 Å². The van der Waals surface area contributed by atoms with Crippen LogP contribution in [0, 0.1) is 10.1 Å². The summed E-state index contributed by atoms with van der Waals surface area (Å²) in [6.07, 6.45) is 1.33. The highest BCUT2D eigenvalue weighted by atomic mass is 79.9. The van der Waals surface area contributed by atoms with Crippen LogP contribution in [-0.2, 0) is 11.3 Å². The summed E-state index contributed by atoms with van der Waals surface area (Å²) in [7, 11) is 0. The molecule has 0 aliphatic heterocycles. The van der Waals surface area contributed by atoms with Crippen molar-refractivity contribution < 1.29 is 9.72 Å². The van der Waals surface area contributed by atoms with Crippen LogP contribution in [0.15, 0.2) is 52.0 Å². The first-order valence-corrected chi connectivity index (χ1v) is 7.88. The number of hydrogen-bond acceptors (Lipinski definition) is 6. The van der Waals surface area contributed by atoms with E-state index in [9.17, 15) is 14.9 Å². The van der Waals surface area contributed by atoms with Gasteiger partial charge in [0.25, 0.3) is 11.6 Å². The van der Waals surface area contributed by atoms with Gasteiger partial charge in [0.05, 0.1) is 21.1 Å². The first kappa shape index (κ1) is 16.7. The molecule has 25 heavy (non-hydrogen) atoms. The highest BCUT2D eigenvalue weighted by molar-refractivity contribution is 9.10. The van der Waals surface area contributed by atoms with Gasteiger partial charge in [0, 0.05) is 11.6 Å². The largest absolute Gasteiger partial charge is 0.284 e. The number of nitrogens with zero attached hydrogens (tertiary/aromatic N) is 5. The number of fused-ring (bicyclic) bond motifs is 1. The number of aromatic nitrogens is 3. The van der Waals surface area contributed by atoms with Crippen molar-refractivity contribution in [1.82, 2.24) is 20.4 Å². The van der Waals surface area contributed by atoms with E-state index in [2.05, 4.69) is 36.8 Å². The molecule has 0 bridgehead atoms. The maximum atomic E-state index is 11.9. The van der Waals surface area contributed by atoms with Gasteiger partial charge < -0.3 is 0 Å². The topological polar surface area (TPSA) is 115 Å². The number of carbonyl (C=O) groups excluding carboxylic acids is 1. The maximum Gasteiger partial charge on any atom is 0.284 e. The molecule has 10 heteroatoms. The Kier molecular flexibility index (Phi) is 4.80. The van der Waals surface area contributed by atoms with Gasteiger partial charge in [-0.15, -0.1) is 5.10 Å². The Bertz CT molecular complexity index is 984. The zero-order chi connectivity index (χ0) is 17.8. The van der Waals surface area contributed by atoms with Gasteiger partial charge in [-0.2, -0.15) is 5.10 Å². The van der Waals surface area contributed by atoms with Crippen LogP contribution in [0.2, 0.25) is 0 Å². The minimum absolute atomic E-state index is 0.0433. The second-order valence-electron chi connectivity index (χ2n) is 5.00. The Labute approximate surface area is 149 Å². The van der Waals surface area contributed by atoms with Gasteiger partial charge in [0.1, 0.15) is 12.1 Å². The minimum Gasteiger partial charge on any atom is -0.271 e. The molecule has 0 saturated carbocycles. The molecule has 1 aromatic heterocycles. The molecule has 0 spiro atoms. The Morgan fingerprint density at radius 1 is 1.36 bits per heavy atom. The predicted octanol–water partition coefficient (Wildman–Crippen LogP) is 2.25. The fourth-order valence-corrected chi connectivity index (χ4v) is 2.53. The summed E-state index contributed by atoms with van der Waals surface area (Å²) in [6.45, 7) is -0.0433. The van der Waals surface area contributed by atoms with Gasteiger partial charge in [-0.25, -0.2) is 10.1 Å². The Hall–Kier alpha value is -3.14. The third-order valence-corrected chi connectivity index (χ3v) is 3.95. The molecule has 0 fully saturated rings. The average Bonchev–Trinajstić information content (AvgIpc) is 2.99. The van der Waals surface area contributed by atoms with E-state index in [0.717, 1.165) is 5.52 Å². The van der Waals surface area contributed by atoms with E-state index >= 15 is 0 Å². The summed E-state index contributed by atoms with van der Waals surface area (Å²) in [5, 5.41) is 22.6. The molecule has 0 aliphatic rings. The summed E-state index contributed by atoms with van der Waals surface area (Å²) in [5.74, 6) is -0.390. The summed E-state index contributed by atoms with van der Waals surface area (Å²) in [6, 6.07) is 11.8. The van der Waals surface area contributed by atoms with Crippen molar-refractivity contribution in [2.45, 2.75) is 6.54 Å². The van der Waals surface area contributed by atoms with Crippen LogP contribution in [0.3, 0.4) is 0 Å². The SMILES string of the molecule is O=C(Cn1nnc2ccccc21)N/N=C\c1ccc(Br)c([N+](=O)[O-])c1. The predicted molar refractivity (Wildman–Crippen MR) is 94.1 cm³/mol. The lowest BCUT2D eigenvalue weighted by Crippen LogP contribution is -2.23. The fraction of sp³-hybridized carbons (Fsp3) is 0.0667. The second kappa shape index (κ2) is 7.18. The summed E-state index contributed by atoms with van der Waals surface area (Å²) in [5.41, 5.74) is 4.20. The molecule has 0 atom stereocenters. The van der Waals surface area contributed by atoms with E-state index in [0.29, 0.717) is 15.6 Å². The summed E-state index contributed by atoms with van der Waals surface area (Å²) < 4.78 is 1.83. The van der Waals surface area contributed by atoms with Crippen molar-refractivity contribution in [3.63, 3.8) is 0 Å². The number of nitro groups is 1. The Balaban J connectivity index is 1.65. The van der Waals surface area contributed by atoms with Gasteiger partial charge in [0.15, 0.2) is 0 Å². The molecule has 1 N–H and O–H groups in total. The normalized spacial score (nSPS) is 11.1. The fourth-order valence-electron chi connectivity index (χ4n) is 2.13. The van der Waals surface area contributed by atoms with Crippen molar-refractivity contribution in [2.75, 3.05) is 0 Å². The number of halogens is 1. The number of benzene rings is 2. The van der Waals surface area contributed by atoms with Crippen molar-refractivity contribution in [3.8, 4) is 0 Å². The first-order chi connectivity index (χ1) is 12.0. The lowest BCUT2D eigenvalue weighted by Gasteiger charge is -2.01. The zero-order valence-corrected chi connectivity index (χ0v) is 14.3. The highest BCUT2D eigenvalue weighted by Crippen LogP contribution is 2.24. The number of nitro benzene ring substituents is 1. The molecule has 9 nitrogen and oxygen atoms in total. The monoisotopic (exact) mass is 402 g/mol. The minimum atomic E-state index is -0.504. The molecule has 0 radical (unpaired) electrons. The number of carbonyl (C=O) groups is 1. The summed E-state index contributed by atoms with van der Waals surface area (Å²) in [4.78, 5) is 22.3. The molecule has 2 aromatic carbocycles. The second-order valence-corrected chi connectivity index (χ2v) is 5.85. The van der Waals surface area contributed by atoms with Crippen LogP contribution in [0.4, 0.5) is 5.69 Å². The molecule has 0 saturated heterocycles. The molecular formula is C15H11BrN6O3. The van der Waals surface area contributed by atoms with E-state index in [1.54, 1.807) is 18.2 Å². The smallest absolute Gasteiger partial charge is 0.271 e. The highest BCUT2D eigenvalue weighted by Gasteiger charge is 2.11. The van der Waals surface area contributed by atoms with Gasteiger partial charge >= 0.3 is 0 Å². The average molecular weight is 403 g/mol. The quantitative estimate of drug-likeness (QED) is 0.399. The maximum absolute atomic E-state index is 11.9. The van der Waals surface area contributed by atoms with Crippen LogP contribution in [0.5, 0.6) is 0 Å². The third-order valence-electron chi connectivity index (χ3n) is 3.28. The van der Waals surface area contributed by atoms with Crippen LogP contribution in [-0.4, -0.2) is 32.0 Å². The Morgan fingerprint density at radius 3 is 2.96 bits per heavy atom. The third kappa shape index (κ3) is 3.86. The van der Waals surface area contributed by atoms with Crippen molar-refractivity contribution in [1.29, 1.82) is 0 Å². The van der Waals surface area contributed by atoms with Crippen molar-refractivity contribution in [2.24, 2.45) is 5.10 Å². The molecule has 1 amide bonds. The van der Waals surface area contributed by atoms with Gasteiger partial charge in [-0.1, -0.05) is 23.4 Å². The van der Waals surface area contributed by atoms with Crippen LogP contribution in [0.1, 0.15) is 5.56 Å².